The highest BCUT2D eigenvalue weighted by Crippen LogP contribution is 2.49. The van der Waals surface area contributed by atoms with Crippen molar-refractivity contribution in [3.63, 3.8) is 0 Å². The second-order valence-electron chi connectivity index (χ2n) is 14.9. The zero-order valence-electron chi connectivity index (χ0n) is 30.9. The largest absolute Gasteiger partial charge is 0.744 e. The molecule has 4 aliphatic heterocycles. The molecule has 4 heterocycles. The van der Waals surface area contributed by atoms with Crippen LogP contribution < -0.4 is 10.2 Å². The van der Waals surface area contributed by atoms with Crippen molar-refractivity contribution in [1.82, 2.24) is 4.90 Å². The number of fused-ring (bicyclic) bond motifs is 2. The topological polar surface area (TPSA) is 144 Å². The Labute approximate surface area is 316 Å². The zero-order chi connectivity index (χ0) is 38.0. The summed E-state index contributed by atoms with van der Waals surface area (Å²) in [6.45, 7) is 10.9. The molecule has 2 fully saturated rings. The fraction of sp³-hybridized carbons (Fsp3) is 0.487. The van der Waals surface area contributed by atoms with E-state index in [1.165, 1.54) is 12.1 Å². The van der Waals surface area contributed by atoms with E-state index < -0.39 is 15.5 Å². The fourth-order valence-electron chi connectivity index (χ4n) is 7.89. The first-order valence-corrected chi connectivity index (χ1v) is 20.3. The Hall–Kier alpha value is -3.34. The lowest BCUT2D eigenvalue weighted by Crippen LogP contribution is -2.27. The summed E-state index contributed by atoms with van der Waals surface area (Å²) in [5.74, 6) is 0.147. The van der Waals surface area contributed by atoms with Crippen molar-refractivity contribution >= 4 is 45.2 Å². The lowest BCUT2D eigenvalue weighted by molar-refractivity contribution is -0.777. The molecule has 2 unspecified atom stereocenters. The number of benzene rings is 2. The number of hydrogen-bond donors (Lipinski definition) is 0. The Morgan fingerprint density at radius 3 is 2.55 bits per heavy atom. The molecule has 2 saturated heterocycles. The maximum atomic E-state index is 12.5. The maximum absolute atomic E-state index is 12.5. The highest BCUT2D eigenvalue weighted by molar-refractivity contribution is 7.94. The van der Waals surface area contributed by atoms with Gasteiger partial charge in [0.25, 0.3) is 0 Å². The molecule has 6 rings (SSSR count). The van der Waals surface area contributed by atoms with Gasteiger partial charge in [-0.2, -0.15) is 8.91 Å². The first-order valence-electron chi connectivity index (χ1n) is 18.1. The van der Waals surface area contributed by atoms with Crippen LogP contribution in [0.3, 0.4) is 0 Å². The summed E-state index contributed by atoms with van der Waals surface area (Å²) in [5.41, 5.74) is 5.16. The van der Waals surface area contributed by atoms with Crippen LogP contribution in [-0.4, -0.2) is 79.7 Å². The summed E-state index contributed by atoms with van der Waals surface area (Å²) >= 11 is 0.862. The number of carbonyl (C=O) groups is 1. The van der Waals surface area contributed by atoms with Gasteiger partial charge in [0.1, 0.15) is 23.2 Å². The molecular formula is C39H48N3O9S2-. The van der Waals surface area contributed by atoms with Gasteiger partial charge < -0.3 is 29.1 Å². The van der Waals surface area contributed by atoms with E-state index in [4.69, 9.17) is 9.47 Å². The van der Waals surface area contributed by atoms with Crippen molar-refractivity contribution in [3.05, 3.63) is 83.6 Å². The van der Waals surface area contributed by atoms with E-state index in [0.717, 1.165) is 90.3 Å². The van der Waals surface area contributed by atoms with Crippen molar-refractivity contribution in [1.29, 1.82) is 0 Å². The molecule has 1 amide bonds. The van der Waals surface area contributed by atoms with Gasteiger partial charge in [0.15, 0.2) is 12.0 Å². The number of nitrogens with zero attached hydrogens (tertiary/aromatic N) is 3. The van der Waals surface area contributed by atoms with Gasteiger partial charge in [0.2, 0.25) is 11.6 Å². The summed E-state index contributed by atoms with van der Waals surface area (Å²) in [7, 11) is -2.64. The van der Waals surface area contributed by atoms with Crippen LogP contribution in [0.15, 0.2) is 82.3 Å². The van der Waals surface area contributed by atoms with E-state index in [2.05, 4.69) is 52.6 Å². The molecule has 0 saturated carbocycles. The number of hydrogen-bond acceptors (Lipinski definition) is 11. The first-order chi connectivity index (χ1) is 25.2. The number of allylic oxidation sites excluding steroid dienone is 6. The summed E-state index contributed by atoms with van der Waals surface area (Å²) < 4.78 is 54.1. The minimum absolute atomic E-state index is 0.0990. The molecule has 2 atom stereocenters. The minimum Gasteiger partial charge on any atom is -0.744 e. The summed E-state index contributed by atoms with van der Waals surface area (Å²) in [6.07, 6.45) is 15.3. The molecule has 286 valence electrons. The number of rotatable bonds is 16. The molecule has 2 aromatic carbocycles. The number of amides is 1. The highest BCUT2D eigenvalue weighted by atomic mass is 32.2. The third-order valence-electron chi connectivity index (χ3n) is 10.8. The van der Waals surface area contributed by atoms with Gasteiger partial charge in [-0.25, -0.2) is 8.42 Å². The number of ether oxygens (including phenoxy) is 2. The number of anilines is 1. The predicted octanol–water partition coefficient (Wildman–Crippen LogP) is 5.55. The summed E-state index contributed by atoms with van der Waals surface area (Å²) in [4.78, 5) is 17.0. The minimum atomic E-state index is -4.64. The standard InChI is InChI=1S/C39H49N3O9S2/c1-38(2)29-19-17-27(52-51-50-44)25-32(29)40(5)34(38)14-7-6-8-15-35-39(3,4)30-20-18-28(53(45,46)47)26-33(30)41(35)21-11-9-13-31-37(43)42(31)22-24-49-36-16-10-12-23-48-36/h6-8,14-15,17-20,25-26,31,36H,9-13,16,21-24H2,1-5H3,(H-,44,45,46,47)/p-1. The molecular weight excluding hydrogens is 719 g/mol. The first kappa shape index (κ1) is 39.4. The van der Waals surface area contributed by atoms with Crippen LogP contribution in [0.5, 0.6) is 0 Å². The smallest absolute Gasteiger partial charge is 0.246 e. The molecule has 53 heavy (non-hydrogen) atoms. The van der Waals surface area contributed by atoms with E-state index in [1.807, 2.05) is 54.5 Å². The third kappa shape index (κ3) is 8.50. The van der Waals surface area contributed by atoms with Crippen molar-refractivity contribution < 1.29 is 46.4 Å². The maximum Gasteiger partial charge on any atom is 0.246 e. The molecule has 0 radical (unpaired) electrons. The average Bonchev–Trinajstić information content (AvgIpc) is 3.62. The van der Waals surface area contributed by atoms with Crippen molar-refractivity contribution in [2.45, 2.75) is 99.2 Å². The number of carbonyl (C=O) groups excluding carboxylic acids is 1. The summed E-state index contributed by atoms with van der Waals surface area (Å²) in [5, 5.41) is 13.8. The van der Waals surface area contributed by atoms with Crippen LogP contribution in [-0.2, 0) is 44.6 Å². The van der Waals surface area contributed by atoms with Crippen molar-refractivity contribution in [2.24, 2.45) is 0 Å². The van der Waals surface area contributed by atoms with Gasteiger partial charge in [-0.05, 0) is 82.2 Å². The van der Waals surface area contributed by atoms with E-state index >= 15 is 0 Å². The second kappa shape index (κ2) is 16.2. The van der Waals surface area contributed by atoms with Crippen LogP contribution in [0.4, 0.5) is 11.4 Å². The van der Waals surface area contributed by atoms with E-state index in [-0.39, 0.29) is 28.5 Å². The SMILES string of the molecule is C[N+]1=C(C=CC=CC=C2N(CCCCC3C(=O)N3CCOC3CCCCO3)c3cc(S(=O)(=O)[O-])ccc3C2(C)C)C(C)(C)c2ccc(SOO[O-])cc21. The number of unbranched alkanes of at least 4 members (excludes halogenated alkanes) is 1. The van der Waals surface area contributed by atoms with Gasteiger partial charge in [0.05, 0.1) is 29.0 Å². The quantitative estimate of drug-likeness (QED) is 0.0310. The molecule has 4 aliphatic rings. The Balaban J connectivity index is 1.13. The van der Waals surface area contributed by atoms with Crippen LogP contribution in [0.2, 0.25) is 0 Å². The monoisotopic (exact) mass is 766 g/mol. The third-order valence-corrected chi connectivity index (χ3v) is 12.2. The molecule has 0 spiro atoms. The molecule has 0 aromatic heterocycles. The molecule has 14 heteroatoms. The van der Waals surface area contributed by atoms with Gasteiger partial charge >= 0.3 is 0 Å². The molecule has 0 N–H and O–H groups in total. The molecule has 2 aromatic rings. The van der Waals surface area contributed by atoms with Gasteiger partial charge in [-0.3, -0.25) is 9.83 Å². The zero-order valence-corrected chi connectivity index (χ0v) is 32.5. The van der Waals surface area contributed by atoms with Crippen LogP contribution >= 0.6 is 12.0 Å². The average molecular weight is 767 g/mol. The molecule has 0 bridgehead atoms. The van der Waals surface area contributed by atoms with Crippen LogP contribution in [0.25, 0.3) is 0 Å². The van der Waals surface area contributed by atoms with E-state index in [0.29, 0.717) is 25.4 Å². The van der Waals surface area contributed by atoms with Crippen LogP contribution in [0.1, 0.15) is 77.3 Å². The van der Waals surface area contributed by atoms with Gasteiger partial charge in [-0.1, -0.05) is 44.2 Å². The van der Waals surface area contributed by atoms with E-state index in [1.54, 1.807) is 6.07 Å². The molecule has 0 aliphatic carbocycles. The van der Waals surface area contributed by atoms with Gasteiger partial charge in [-0.15, -0.1) is 0 Å². The Morgan fingerprint density at radius 1 is 1.02 bits per heavy atom. The van der Waals surface area contributed by atoms with Crippen LogP contribution in [0, 0.1) is 0 Å². The van der Waals surface area contributed by atoms with Crippen molar-refractivity contribution in [3.8, 4) is 0 Å². The Morgan fingerprint density at radius 2 is 1.81 bits per heavy atom. The van der Waals surface area contributed by atoms with E-state index in [9.17, 15) is 23.0 Å². The normalized spacial score (nSPS) is 22.8. The fourth-order valence-corrected chi connectivity index (χ4v) is 8.77. The lowest BCUT2D eigenvalue weighted by Gasteiger charge is -2.27. The summed E-state index contributed by atoms with van der Waals surface area (Å²) in [6, 6.07) is 10.4. The van der Waals surface area contributed by atoms with Gasteiger partial charge in [0, 0.05) is 59.1 Å². The predicted molar refractivity (Wildman–Crippen MR) is 198 cm³/mol. The lowest BCUT2D eigenvalue weighted by atomic mass is 9.81. The molecule has 12 nitrogen and oxygen atoms in total. The van der Waals surface area contributed by atoms with Crippen molar-refractivity contribution in [2.75, 3.05) is 38.3 Å². The second-order valence-corrected chi connectivity index (χ2v) is 17.0. The Bertz CT molecular complexity index is 1930. The highest BCUT2D eigenvalue weighted by Gasteiger charge is 2.45. The Kier molecular flexibility index (Phi) is 12.0.